The zero-order valence-electron chi connectivity index (χ0n) is 17.1. The normalized spacial score (nSPS) is 17.8. The van der Waals surface area contributed by atoms with Gasteiger partial charge in [0.2, 0.25) is 0 Å². The highest BCUT2D eigenvalue weighted by atomic mass is 19.1. The number of hydrogen-bond donors (Lipinski definition) is 0. The van der Waals surface area contributed by atoms with Crippen LogP contribution in [0.25, 0.3) is 5.57 Å². The molecule has 7 heteroatoms. The molecule has 0 saturated carbocycles. The van der Waals surface area contributed by atoms with E-state index in [0.29, 0.717) is 41.2 Å². The molecule has 2 aliphatic rings. The van der Waals surface area contributed by atoms with E-state index < -0.39 is 11.7 Å². The number of piperazine rings is 1. The van der Waals surface area contributed by atoms with E-state index in [2.05, 4.69) is 4.90 Å². The van der Waals surface area contributed by atoms with Gasteiger partial charge in [-0.2, -0.15) is 0 Å². The van der Waals surface area contributed by atoms with Crippen LogP contribution in [-0.2, 0) is 16.1 Å². The fourth-order valence-corrected chi connectivity index (χ4v) is 3.85. The lowest BCUT2D eigenvalue weighted by molar-refractivity contribution is -0.138. The Balaban J connectivity index is 1.73. The molecule has 30 heavy (non-hydrogen) atoms. The highest BCUT2D eigenvalue weighted by molar-refractivity contribution is 6.35. The van der Waals surface area contributed by atoms with Crippen molar-refractivity contribution >= 4 is 17.4 Å². The molecule has 2 aromatic carbocycles. The van der Waals surface area contributed by atoms with Crippen molar-refractivity contribution in [3.8, 4) is 5.75 Å². The summed E-state index contributed by atoms with van der Waals surface area (Å²) in [6.45, 7) is 2.81. The Morgan fingerprint density at radius 3 is 2.23 bits per heavy atom. The predicted molar refractivity (Wildman–Crippen MR) is 111 cm³/mol. The highest BCUT2D eigenvalue weighted by Crippen LogP contribution is 2.34. The number of imide groups is 1. The summed E-state index contributed by atoms with van der Waals surface area (Å²) in [6.07, 6.45) is 0. The number of benzene rings is 2. The Hall–Kier alpha value is -3.19. The molecule has 2 heterocycles. The van der Waals surface area contributed by atoms with E-state index in [-0.39, 0.29) is 12.5 Å². The van der Waals surface area contributed by atoms with Crippen LogP contribution in [0, 0.1) is 5.82 Å². The number of likely N-dealkylation sites (N-methyl/N-ethyl adjacent to an activating group) is 1. The van der Waals surface area contributed by atoms with E-state index in [9.17, 15) is 14.0 Å². The third-order valence-corrected chi connectivity index (χ3v) is 5.63. The minimum atomic E-state index is -0.433. The maximum Gasteiger partial charge on any atom is 0.278 e. The number of halogens is 1. The Bertz CT molecular complexity index is 995. The summed E-state index contributed by atoms with van der Waals surface area (Å²) in [7, 11) is 3.60. The van der Waals surface area contributed by atoms with Crippen molar-refractivity contribution in [1.82, 2.24) is 14.7 Å². The lowest BCUT2D eigenvalue weighted by Gasteiger charge is -2.34. The van der Waals surface area contributed by atoms with Crippen LogP contribution in [0.3, 0.4) is 0 Å². The number of hydrogen-bond acceptors (Lipinski definition) is 5. The number of nitrogens with zero attached hydrogens (tertiary/aromatic N) is 3. The van der Waals surface area contributed by atoms with E-state index in [1.165, 1.54) is 6.07 Å². The first-order valence-corrected chi connectivity index (χ1v) is 9.91. The molecule has 1 fully saturated rings. The topological polar surface area (TPSA) is 53.1 Å². The van der Waals surface area contributed by atoms with Crippen molar-refractivity contribution in [3.05, 3.63) is 71.2 Å². The molecule has 1 saturated heterocycles. The van der Waals surface area contributed by atoms with Crippen LogP contribution in [0.5, 0.6) is 5.75 Å². The molecule has 2 aliphatic heterocycles. The van der Waals surface area contributed by atoms with Crippen LogP contribution in [-0.4, -0.2) is 66.9 Å². The first kappa shape index (κ1) is 20.1. The monoisotopic (exact) mass is 409 g/mol. The fourth-order valence-electron chi connectivity index (χ4n) is 3.85. The molecule has 0 N–H and O–H groups in total. The van der Waals surface area contributed by atoms with Gasteiger partial charge in [0, 0.05) is 31.7 Å². The Morgan fingerprint density at radius 2 is 1.60 bits per heavy atom. The van der Waals surface area contributed by atoms with E-state index in [1.807, 2.05) is 11.9 Å². The van der Waals surface area contributed by atoms with Crippen molar-refractivity contribution in [1.29, 1.82) is 0 Å². The van der Waals surface area contributed by atoms with Crippen LogP contribution in [0.2, 0.25) is 0 Å². The highest BCUT2D eigenvalue weighted by Gasteiger charge is 2.42. The molecule has 0 atom stereocenters. The van der Waals surface area contributed by atoms with Gasteiger partial charge in [-0.1, -0.05) is 30.3 Å². The van der Waals surface area contributed by atoms with Gasteiger partial charge >= 0.3 is 0 Å². The van der Waals surface area contributed by atoms with E-state index >= 15 is 0 Å². The van der Waals surface area contributed by atoms with Crippen molar-refractivity contribution in [3.63, 3.8) is 0 Å². The molecule has 0 bridgehead atoms. The van der Waals surface area contributed by atoms with Gasteiger partial charge in [0.15, 0.2) is 0 Å². The van der Waals surface area contributed by atoms with Crippen molar-refractivity contribution in [2.24, 2.45) is 0 Å². The molecule has 6 nitrogen and oxygen atoms in total. The molecule has 0 radical (unpaired) electrons. The Labute approximate surface area is 175 Å². The second-order valence-corrected chi connectivity index (χ2v) is 7.53. The van der Waals surface area contributed by atoms with Gasteiger partial charge in [0.1, 0.15) is 17.3 Å². The van der Waals surface area contributed by atoms with Crippen molar-refractivity contribution in [2.45, 2.75) is 6.54 Å². The minimum absolute atomic E-state index is 0.0960. The first-order chi connectivity index (χ1) is 14.5. The Kier molecular flexibility index (Phi) is 5.55. The third-order valence-electron chi connectivity index (χ3n) is 5.63. The standard InChI is InChI=1S/C23H24FN3O3/c1-25-11-13-26(14-12-25)21-20(16-7-9-18(30-2)10-8-16)22(28)27(23(21)29)15-17-5-3-4-6-19(17)24/h3-10H,11-15H2,1-2H3. The average molecular weight is 409 g/mol. The SMILES string of the molecule is COc1ccc(C2=C(N3CCN(C)CC3)C(=O)N(Cc3ccccc3F)C2=O)cc1. The second-order valence-electron chi connectivity index (χ2n) is 7.53. The molecule has 2 aromatic rings. The summed E-state index contributed by atoms with van der Waals surface area (Å²) >= 11 is 0. The fraction of sp³-hybridized carbons (Fsp3) is 0.304. The number of carbonyl (C=O) groups is 2. The van der Waals surface area contributed by atoms with Gasteiger partial charge in [-0.15, -0.1) is 0 Å². The van der Waals surface area contributed by atoms with E-state index in [1.54, 1.807) is 49.6 Å². The second kappa shape index (κ2) is 8.28. The van der Waals surface area contributed by atoms with Crippen LogP contribution >= 0.6 is 0 Å². The van der Waals surface area contributed by atoms with Crippen LogP contribution < -0.4 is 4.74 Å². The quantitative estimate of drug-likeness (QED) is 0.710. The van der Waals surface area contributed by atoms with Crippen molar-refractivity contribution < 1.29 is 18.7 Å². The molecule has 0 spiro atoms. The number of methoxy groups -OCH3 is 1. The number of carbonyl (C=O) groups excluding carboxylic acids is 2. The zero-order chi connectivity index (χ0) is 21.3. The van der Waals surface area contributed by atoms with Crippen molar-refractivity contribution in [2.75, 3.05) is 40.3 Å². The minimum Gasteiger partial charge on any atom is -0.497 e. The lowest BCUT2D eigenvalue weighted by Crippen LogP contribution is -2.46. The van der Waals surface area contributed by atoms with Gasteiger partial charge in [-0.25, -0.2) is 4.39 Å². The van der Waals surface area contributed by atoms with Gasteiger partial charge in [0.05, 0.1) is 19.2 Å². The summed E-state index contributed by atoms with van der Waals surface area (Å²) in [4.78, 5) is 32.0. The summed E-state index contributed by atoms with van der Waals surface area (Å²) in [5.74, 6) is -0.543. The van der Waals surface area contributed by atoms with E-state index in [4.69, 9.17) is 4.74 Å². The molecule has 2 amide bonds. The maximum absolute atomic E-state index is 14.2. The van der Waals surface area contributed by atoms with Gasteiger partial charge < -0.3 is 14.5 Å². The zero-order valence-corrected chi connectivity index (χ0v) is 17.1. The summed E-state index contributed by atoms with van der Waals surface area (Å²) in [6, 6.07) is 13.3. The lowest BCUT2D eigenvalue weighted by atomic mass is 10.0. The summed E-state index contributed by atoms with van der Waals surface area (Å²) in [5.41, 5.74) is 1.73. The summed E-state index contributed by atoms with van der Waals surface area (Å²) < 4.78 is 19.4. The van der Waals surface area contributed by atoms with Gasteiger partial charge in [-0.3, -0.25) is 14.5 Å². The number of rotatable bonds is 5. The molecule has 4 rings (SSSR count). The third kappa shape index (κ3) is 3.68. The van der Waals surface area contributed by atoms with Gasteiger partial charge in [0.25, 0.3) is 11.8 Å². The van der Waals surface area contributed by atoms with E-state index in [0.717, 1.165) is 18.0 Å². The van der Waals surface area contributed by atoms with Crippen LogP contribution in [0.4, 0.5) is 4.39 Å². The molecular weight excluding hydrogens is 385 g/mol. The molecule has 0 unspecified atom stereocenters. The first-order valence-electron chi connectivity index (χ1n) is 9.91. The number of amides is 2. The Morgan fingerprint density at radius 1 is 0.933 bits per heavy atom. The largest absolute Gasteiger partial charge is 0.497 e. The molecule has 0 aromatic heterocycles. The molecule has 156 valence electrons. The summed E-state index contributed by atoms with van der Waals surface area (Å²) in [5, 5.41) is 0. The van der Waals surface area contributed by atoms with Crippen LogP contribution in [0.15, 0.2) is 54.2 Å². The smallest absolute Gasteiger partial charge is 0.278 e. The number of ether oxygens (including phenoxy) is 1. The molecular formula is C23H24FN3O3. The maximum atomic E-state index is 14.2. The molecule has 0 aliphatic carbocycles. The predicted octanol–water partition coefficient (Wildman–Crippen LogP) is 2.36. The van der Waals surface area contributed by atoms with Crippen LogP contribution in [0.1, 0.15) is 11.1 Å². The average Bonchev–Trinajstić information content (AvgIpc) is 3.00. The van der Waals surface area contributed by atoms with Gasteiger partial charge in [-0.05, 0) is 30.8 Å².